The van der Waals surface area contributed by atoms with Gasteiger partial charge in [0.05, 0.1) is 23.5 Å². The summed E-state index contributed by atoms with van der Waals surface area (Å²) < 4.78 is 23.1. The maximum absolute atomic E-state index is 12.8. The molecule has 212 valence electrons. The molecule has 1 saturated carbocycles. The lowest BCUT2D eigenvalue weighted by Gasteiger charge is -2.60. The molecule has 38 heavy (non-hydrogen) atoms. The van der Waals surface area contributed by atoms with Gasteiger partial charge in [-0.2, -0.15) is 0 Å². The van der Waals surface area contributed by atoms with Crippen LogP contribution >= 0.6 is 0 Å². The molecular formula is C29H42O9. The van der Waals surface area contributed by atoms with Crippen molar-refractivity contribution in [3.05, 3.63) is 36.5 Å². The van der Waals surface area contributed by atoms with E-state index in [-0.39, 0.29) is 30.6 Å². The van der Waals surface area contributed by atoms with Crippen LogP contribution in [-0.4, -0.2) is 59.0 Å². The predicted octanol–water partition coefficient (Wildman–Crippen LogP) is 3.59. The topological polar surface area (TPSA) is 129 Å². The lowest BCUT2D eigenvalue weighted by molar-refractivity contribution is -0.256. The minimum atomic E-state index is -1.29. The molecule has 0 aromatic heterocycles. The molecule has 2 fully saturated rings. The quantitative estimate of drug-likeness (QED) is 0.197. The molecule has 1 saturated heterocycles. The Morgan fingerprint density at radius 2 is 1.84 bits per heavy atom. The maximum atomic E-state index is 12.8. The van der Waals surface area contributed by atoms with Crippen LogP contribution in [-0.2, 0) is 33.3 Å². The van der Waals surface area contributed by atoms with Crippen LogP contribution in [0.25, 0.3) is 0 Å². The van der Waals surface area contributed by atoms with E-state index in [9.17, 15) is 24.6 Å². The van der Waals surface area contributed by atoms with Crippen molar-refractivity contribution in [1.82, 2.24) is 0 Å². The second-order valence-electron chi connectivity index (χ2n) is 11.3. The molecule has 0 amide bonds. The monoisotopic (exact) mass is 534 g/mol. The molecule has 0 aromatic rings. The first-order valence-corrected chi connectivity index (χ1v) is 13.3. The molecule has 3 rings (SSSR count). The van der Waals surface area contributed by atoms with Crippen LogP contribution in [0.2, 0.25) is 0 Å². The summed E-state index contributed by atoms with van der Waals surface area (Å²) in [6.45, 7) is 17.8. The molecule has 9 heteroatoms. The minimum Gasteiger partial charge on any atom is -0.458 e. The maximum Gasteiger partial charge on any atom is 0.309 e. The van der Waals surface area contributed by atoms with Crippen molar-refractivity contribution in [2.24, 2.45) is 28.6 Å². The molecule has 0 bridgehead atoms. The Morgan fingerprint density at radius 3 is 2.39 bits per heavy atom. The van der Waals surface area contributed by atoms with Gasteiger partial charge in [0.1, 0.15) is 6.10 Å². The second-order valence-corrected chi connectivity index (χ2v) is 11.3. The molecular weight excluding hydrogens is 492 g/mol. The molecule has 1 spiro atoms. The fourth-order valence-corrected chi connectivity index (χ4v) is 6.52. The van der Waals surface area contributed by atoms with Gasteiger partial charge >= 0.3 is 17.9 Å². The second kappa shape index (κ2) is 11.3. The van der Waals surface area contributed by atoms with E-state index >= 15 is 0 Å². The van der Waals surface area contributed by atoms with Crippen LogP contribution in [0.4, 0.5) is 0 Å². The summed E-state index contributed by atoms with van der Waals surface area (Å²) in [5.41, 5.74) is -1.10. The summed E-state index contributed by atoms with van der Waals surface area (Å²) in [4.78, 5) is 37.0. The Kier molecular flexibility index (Phi) is 8.95. The van der Waals surface area contributed by atoms with Crippen LogP contribution in [0.5, 0.6) is 0 Å². The zero-order valence-electron chi connectivity index (χ0n) is 23.3. The lowest BCUT2D eigenvalue weighted by atomic mass is 9.44. The standard InChI is InChI=1S/C29H42O9/c1-9-15(3)22(32)14-28(8)17(5)11-24(33)29-21(26(35-18(6)30)38-27(29)36-19(7)31)12-20(13-23(28)29)37-25(34)16(4)10-2/h9,12,16-17,20,22-24,26-27,32-33H,1,3,10-11,13-14H2,2,4-8H3/t16?,17-,20+,22+,23+,24+,26+,27-,28-,29?/m0/s1. The lowest BCUT2D eigenvalue weighted by Crippen LogP contribution is -2.63. The van der Waals surface area contributed by atoms with E-state index < -0.39 is 59.6 Å². The number of carbonyl (C=O) groups is 3. The third-order valence-electron chi connectivity index (χ3n) is 9.00. The fraction of sp³-hybridized carbons (Fsp3) is 0.690. The Labute approximate surface area is 224 Å². The molecule has 1 aliphatic heterocycles. The number of ether oxygens (including phenoxy) is 4. The van der Waals surface area contributed by atoms with Crippen molar-refractivity contribution in [3.63, 3.8) is 0 Å². The van der Waals surface area contributed by atoms with Crippen molar-refractivity contribution in [2.75, 3.05) is 0 Å². The van der Waals surface area contributed by atoms with Gasteiger partial charge in [-0.15, -0.1) is 0 Å². The number of aliphatic hydroxyl groups is 2. The van der Waals surface area contributed by atoms with Crippen LogP contribution in [0.15, 0.2) is 36.5 Å². The first-order chi connectivity index (χ1) is 17.7. The van der Waals surface area contributed by atoms with Gasteiger partial charge in [-0.25, -0.2) is 0 Å². The summed E-state index contributed by atoms with van der Waals surface area (Å²) in [5.74, 6) is -2.53. The number of carbonyl (C=O) groups excluding carboxylic acids is 3. The zero-order valence-corrected chi connectivity index (χ0v) is 23.3. The average molecular weight is 535 g/mol. The molecule has 3 aliphatic rings. The van der Waals surface area contributed by atoms with E-state index in [1.54, 1.807) is 13.0 Å². The van der Waals surface area contributed by atoms with Crippen molar-refractivity contribution in [1.29, 1.82) is 0 Å². The highest BCUT2D eigenvalue weighted by Gasteiger charge is 2.71. The van der Waals surface area contributed by atoms with Gasteiger partial charge in [0.15, 0.2) is 0 Å². The number of hydrogen-bond acceptors (Lipinski definition) is 9. The van der Waals surface area contributed by atoms with E-state index in [1.165, 1.54) is 19.9 Å². The highest BCUT2D eigenvalue weighted by Crippen LogP contribution is 2.67. The predicted molar refractivity (Wildman–Crippen MR) is 138 cm³/mol. The highest BCUT2D eigenvalue weighted by atomic mass is 16.8. The van der Waals surface area contributed by atoms with Gasteiger partial charge in [0.2, 0.25) is 12.6 Å². The largest absolute Gasteiger partial charge is 0.458 e. The zero-order chi connectivity index (χ0) is 28.6. The van der Waals surface area contributed by atoms with Crippen molar-refractivity contribution in [2.45, 2.75) is 98.1 Å². The Balaban J connectivity index is 2.22. The first-order valence-electron chi connectivity index (χ1n) is 13.3. The minimum absolute atomic E-state index is 0.101. The number of esters is 3. The van der Waals surface area contributed by atoms with Crippen LogP contribution < -0.4 is 0 Å². The SMILES string of the molecule is C=CC(=C)[C@H](O)C[C@@]1(C)[C@@H](C)C[C@@H](O)C23C(=C[C@@H](OC(=O)C(C)CC)C[C@@H]21)[C@H](OC(C)=O)O[C@@H]3OC(C)=O. The van der Waals surface area contributed by atoms with Gasteiger partial charge in [-0.05, 0) is 54.6 Å². The van der Waals surface area contributed by atoms with Crippen LogP contribution in [0.3, 0.4) is 0 Å². The molecule has 9 nitrogen and oxygen atoms in total. The Hall–Kier alpha value is -2.49. The first kappa shape index (κ1) is 30.1. The summed E-state index contributed by atoms with van der Waals surface area (Å²) in [5, 5.41) is 22.8. The van der Waals surface area contributed by atoms with Gasteiger partial charge in [0.25, 0.3) is 0 Å². The van der Waals surface area contributed by atoms with E-state index in [1.807, 2.05) is 20.8 Å². The van der Waals surface area contributed by atoms with Crippen LogP contribution in [0.1, 0.15) is 67.2 Å². The van der Waals surface area contributed by atoms with Crippen molar-refractivity contribution >= 4 is 17.9 Å². The fourth-order valence-electron chi connectivity index (χ4n) is 6.52. The summed E-state index contributed by atoms with van der Waals surface area (Å²) in [6, 6.07) is 0. The summed E-state index contributed by atoms with van der Waals surface area (Å²) in [7, 11) is 0. The average Bonchev–Trinajstić information content (AvgIpc) is 3.13. The summed E-state index contributed by atoms with van der Waals surface area (Å²) in [6.07, 6.45) is -0.516. The molecule has 10 atom stereocenters. The molecule has 2 N–H and O–H groups in total. The molecule has 0 radical (unpaired) electrons. The Bertz CT molecular complexity index is 1000. The molecule has 0 aromatic carbocycles. The smallest absolute Gasteiger partial charge is 0.309 e. The third-order valence-corrected chi connectivity index (χ3v) is 9.00. The van der Waals surface area contributed by atoms with Crippen LogP contribution in [0, 0.1) is 28.6 Å². The van der Waals surface area contributed by atoms with E-state index in [0.29, 0.717) is 24.0 Å². The van der Waals surface area contributed by atoms with E-state index in [0.717, 1.165) is 0 Å². The Morgan fingerprint density at radius 1 is 1.21 bits per heavy atom. The van der Waals surface area contributed by atoms with Crippen molar-refractivity contribution in [3.8, 4) is 0 Å². The molecule has 2 unspecified atom stereocenters. The highest BCUT2D eigenvalue weighted by molar-refractivity contribution is 5.72. The van der Waals surface area contributed by atoms with Gasteiger partial charge < -0.3 is 24.4 Å². The van der Waals surface area contributed by atoms with Gasteiger partial charge in [-0.3, -0.25) is 19.1 Å². The number of rotatable bonds is 9. The normalized spacial score (nSPS) is 37.5. The number of hydrogen-bond donors (Lipinski definition) is 2. The van der Waals surface area contributed by atoms with Gasteiger partial charge in [0, 0.05) is 19.4 Å². The molecule has 2 aliphatic carbocycles. The van der Waals surface area contributed by atoms with Crippen molar-refractivity contribution < 1.29 is 43.5 Å². The van der Waals surface area contributed by atoms with E-state index in [2.05, 4.69) is 13.2 Å². The van der Waals surface area contributed by atoms with Gasteiger partial charge in [-0.1, -0.05) is 46.9 Å². The third kappa shape index (κ3) is 5.20. The molecule has 1 heterocycles. The number of aliphatic hydroxyl groups excluding tert-OH is 2. The van der Waals surface area contributed by atoms with E-state index in [4.69, 9.17) is 18.9 Å². The summed E-state index contributed by atoms with van der Waals surface area (Å²) >= 11 is 0.